The molecule has 1 N–H and O–H groups in total. The highest BCUT2D eigenvalue weighted by molar-refractivity contribution is 6.01. The van der Waals surface area contributed by atoms with Crippen molar-refractivity contribution in [2.45, 2.75) is 6.92 Å². The lowest BCUT2D eigenvalue weighted by Gasteiger charge is -2.15. The number of H-pyrrole nitrogens is 1. The Morgan fingerprint density at radius 2 is 1.93 bits per heavy atom. The van der Waals surface area contributed by atoms with Crippen molar-refractivity contribution in [1.29, 1.82) is 0 Å². The summed E-state index contributed by atoms with van der Waals surface area (Å²) in [7, 11) is 1.70. The Labute approximate surface area is 162 Å². The molecule has 0 aliphatic heterocycles. The molecule has 6 heteroatoms. The number of hydrogen-bond acceptors (Lipinski definition) is 4. The SMILES string of the molecule is C=CC(=O)N(C)c1cncc(-c2cnc3[nH]cc(-c4ccnc(C)c4)c3c2)c1. The molecule has 0 spiro atoms. The van der Waals surface area contributed by atoms with E-state index in [0.29, 0.717) is 5.69 Å². The van der Waals surface area contributed by atoms with Gasteiger partial charge in [-0.05, 0) is 42.8 Å². The fourth-order valence-corrected chi connectivity index (χ4v) is 3.15. The maximum atomic E-state index is 11.9. The van der Waals surface area contributed by atoms with E-state index in [2.05, 4.69) is 32.6 Å². The number of aryl methyl sites for hydroxylation is 1. The van der Waals surface area contributed by atoms with Gasteiger partial charge >= 0.3 is 0 Å². The Hall–Kier alpha value is -3.80. The highest BCUT2D eigenvalue weighted by Crippen LogP contribution is 2.31. The van der Waals surface area contributed by atoms with Crippen LogP contribution in [0.4, 0.5) is 5.69 Å². The van der Waals surface area contributed by atoms with Crippen molar-refractivity contribution in [3.63, 3.8) is 0 Å². The van der Waals surface area contributed by atoms with E-state index < -0.39 is 0 Å². The van der Waals surface area contributed by atoms with Crippen molar-refractivity contribution < 1.29 is 4.79 Å². The average Bonchev–Trinajstić information content (AvgIpc) is 3.16. The number of pyridine rings is 3. The zero-order valence-corrected chi connectivity index (χ0v) is 15.7. The highest BCUT2D eigenvalue weighted by atomic mass is 16.2. The van der Waals surface area contributed by atoms with E-state index >= 15 is 0 Å². The molecule has 0 aromatic carbocycles. The molecule has 0 saturated heterocycles. The van der Waals surface area contributed by atoms with Crippen molar-refractivity contribution >= 4 is 22.6 Å². The molecule has 0 atom stereocenters. The van der Waals surface area contributed by atoms with Crippen LogP contribution in [-0.2, 0) is 4.79 Å². The van der Waals surface area contributed by atoms with Crippen molar-refractivity contribution in [1.82, 2.24) is 19.9 Å². The number of likely N-dealkylation sites (N-methyl/N-ethyl adjacent to an activating group) is 1. The third-order valence-electron chi connectivity index (χ3n) is 4.69. The molecule has 0 saturated carbocycles. The van der Waals surface area contributed by atoms with Gasteiger partial charge in [-0.25, -0.2) is 4.98 Å². The molecular formula is C22H19N5O. The van der Waals surface area contributed by atoms with E-state index in [-0.39, 0.29) is 5.91 Å². The van der Waals surface area contributed by atoms with Crippen molar-refractivity contribution in [3.8, 4) is 22.3 Å². The predicted octanol–water partition coefficient (Wildman–Crippen LogP) is 4.14. The first-order valence-electron chi connectivity index (χ1n) is 8.82. The number of rotatable bonds is 4. The quantitative estimate of drug-likeness (QED) is 0.549. The molecule has 4 aromatic heterocycles. The van der Waals surface area contributed by atoms with Gasteiger partial charge in [0, 0.05) is 59.6 Å². The standard InChI is InChI=1S/C22H19N5O/c1-4-21(28)27(3)18-8-16(10-23-12-18)17-9-19-20(13-26-22(19)25-11-17)15-5-6-24-14(2)7-15/h4-13H,1H2,2-3H3,(H,25,26). The molecule has 4 rings (SSSR count). The Kier molecular flexibility index (Phi) is 4.45. The minimum Gasteiger partial charge on any atom is -0.346 e. The van der Waals surface area contributed by atoms with Crippen molar-refractivity contribution in [3.05, 3.63) is 73.6 Å². The molecule has 28 heavy (non-hydrogen) atoms. The maximum absolute atomic E-state index is 11.9. The fourth-order valence-electron chi connectivity index (χ4n) is 3.15. The van der Waals surface area contributed by atoms with E-state index in [1.807, 2.05) is 31.3 Å². The number of aromatic nitrogens is 4. The fraction of sp³-hybridized carbons (Fsp3) is 0.0909. The highest BCUT2D eigenvalue weighted by Gasteiger charge is 2.12. The van der Waals surface area contributed by atoms with Crippen LogP contribution >= 0.6 is 0 Å². The van der Waals surface area contributed by atoms with Crippen LogP contribution in [0.1, 0.15) is 5.69 Å². The molecule has 0 bridgehead atoms. The van der Waals surface area contributed by atoms with E-state index in [9.17, 15) is 4.79 Å². The molecule has 0 aliphatic rings. The molecule has 0 fully saturated rings. The Morgan fingerprint density at radius 3 is 2.71 bits per heavy atom. The minimum absolute atomic E-state index is 0.187. The first kappa shape index (κ1) is 17.6. The van der Waals surface area contributed by atoms with Crippen molar-refractivity contribution in [2.24, 2.45) is 0 Å². The molecule has 0 unspecified atom stereocenters. The number of carbonyl (C=O) groups is 1. The second-order valence-corrected chi connectivity index (χ2v) is 6.54. The van der Waals surface area contributed by atoms with Gasteiger partial charge < -0.3 is 9.88 Å². The first-order valence-corrected chi connectivity index (χ1v) is 8.82. The normalized spacial score (nSPS) is 10.8. The van der Waals surface area contributed by atoms with E-state index in [4.69, 9.17) is 0 Å². The number of carbonyl (C=O) groups excluding carboxylic acids is 1. The molecule has 0 radical (unpaired) electrons. The number of nitrogens with zero attached hydrogens (tertiary/aromatic N) is 4. The monoisotopic (exact) mass is 369 g/mol. The van der Waals surface area contributed by atoms with Gasteiger partial charge in [-0.15, -0.1) is 0 Å². The summed E-state index contributed by atoms with van der Waals surface area (Å²) in [4.78, 5) is 29.7. The average molecular weight is 369 g/mol. The summed E-state index contributed by atoms with van der Waals surface area (Å²) in [5.74, 6) is -0.187. The van der Waals surface area contributed by atoms with Gasteiger partial charge in [0.2, 0.25) is 5.91 Å². The topological polar surface area (TPSA) is 74.8 Å². The zero-order chi connectivity index (χ0) is 19.7. The largest absolute Gasteiger partial charge is 0.346 e. The number of anilines is 1. The van der Waals surface area contributed by atoms with E-state index in [1.54, 1.807) is 31.8 Å². The lowest BCUT2D eigenvalue weighted by Crippen LogP contribution is -2.23. The number of fused-ring (bicyclic) bond motifs is 1. The smallest absolute Gasteiger partial charge is 0.250 e. The van der Waals surface area contributed by atoms with Gasteiger partial charge in [0.25, 0.3) is 0 Å². The first-order chi connectivity index (χ1) is 13.6. The van der Waals surface area contributed by atoms with Crippen LogP contribution in [0.2, 0.25) is 0 Å². The second kappa shape index (κ2) is 7.08. The summed E-state index contributed by atoms with van der Waals surface area (Å²) in [5.41, 5.74) is 6.43. The Balaban J connectivity index is 1.79. The molecule has 4 heterocycles. The van der Waals surface area contributed by atoms with Crippen LogP contribution in [0, 0.1) is 6.92 Å². The van der Waals surface area contributed by atoms with Crippen LogP contribution in [-0.4, -0.2) is 32.9 Å². The molecule has 4 aromatic rings. The van der Waals surface area contributed by atoms with Gasteiger partial charge in [-0.2, -0.15) is 0 Å². The second-order valence-electron chi connectivity index (χ2n) is 6.54. The van der Waals surface area contributed by atoms with Crippen LogP contribution in [0.25, 0.3) is 33.3 Å². The Morgan fingerprint density at radius 1 is 1.11 bits per heavy atom. The number of nitrogens with one attached hydrogen (secondary N) is 1. The van der Waals surface area contributed by atoms with E-state index in [0.717, 1.165) is 39.0 Å². The summed E-state index contributed by atoms with van der Waals surface area (Å²) < 4.78 is 0. The molecule has 6 nitrogen and oxygen atoms in total. The number of amides is 1. The lowest BCUT2D eigenvalue weighted by molar-refractivity contribution is -0.113. The van der Waals surface area contributed by atoms with Gasteiger partial charge in [0.1, 0.15) is 5.65 Å². The number of aromatic amines is 1. The zero-order valence-electron chi connectivity index (χ0n) is 15.7. The van der Waals surface area contributed by atoms with Crippen molar-refractivity contribution in [2.75, 3.05) is 11.9 Å². The molecular weight excluding hydrogens is 350 g/mol. The summed E-state index contributed by atoms with van der Waals surface area (Å²) in [6, 6.07) is 8.04. The van der Waals surface area contributed by atoms with Crippen LogP contribution in [0.15, 0.2) is 67.9 Å². The summed E-state index contributed by atoms with van der Waals surface area (Å²) in [5, 5.41) is 1.02. The van der Waals surface area contributed by atoms with Crippen LogP contribution < -0.4 is 4.90 Å². The summed E-state index contributed by atoms with van der Waals surface area (Å²) in [6.07, 6.45) is 10.3. The summed E-state index contributed by atoms with van der Waals surface area (Å²) in [6.45, 7) is 5.50. The minimum atomic E-state index is -0.187. The number of hydrogen-bond donors (Lipinski definition) is 1. The maximum Gasteiger partial charge on any atom is 0.250 e. The third kappa shape index (κ3) is 3.16. The predicted molar refractivity (Wildman–Crippen MR) is 111 cm³/mol. The van der Waals surface area contributed by atoms with E-state index in [1.165, 1.54) is 11.0 Å². The molecule has 138 valence electrons. The van der Waals surface area contributed by atoms with Gasteiger partial charge in [0.05, 0.1) is 11.9 Å². The van der Waals surface area contributed by atoms with Crippen LogP contribution in [0.3, 0.4) is 0 Å². The lowest BCUT2D eigenvalue weighted by atomic mass is 10.0. The van der Waals surface area contributed by atoms with Crippen LogP contribution in [0.5, 0.6) is 0 Å². The van der Waals surface area contributed by atoms with Gasteiger partial charge in [-0.1, -0.05) is 6.58 Å². The summed E-state index contributed by atoms with van der Waals surface area (Å²) >= 11 is 0. The molecule has 0 aliphatic carbocycles. The Bertz CT molecular complexity index is 1190. The van der Waals surface area contributed by atoms with Gasteiger partial charge in [-0.3, -0.25) is 14.8 Å². The van der Waals surface area contributed by atoms with Gasteiger partial charge in [0.15, 0.2) is 0 Å². The molecule has 1 amide bonds. The third-order valence-corrected chi connectivity index (χ3v) is 4.69.